The third-order valence-electron chi connectivity index (χ3n) is 4.50. The van der Waals surface area contributed by atoms with E-state index in [2.05, 4.69) is 0 Å². The van der Waals surface area contributed by atoms with E-state index in [1.165, 1.54) is 6.26 Å². The van der Waals surface area contributed by atoms with Crippen molar-refractivity contribution in [1.29, 1.82) is 0 Å². The van der Waals surface area contributed by atoms with E-state index < -0.39 is 9.84 Å². The van der Waals surface area contributed by atoms with E-state index in [4.69, 9.17) is 5.73 Å². The van der Waals surface area contributed by atoms with Crippen LogP contribution in [0.15, 0.2) is 0 Å². The minimum atomic E-state index is -3.01. The number of rotatable bonds is 3. The van der Waals surface area contributed by atoms with Crippen molar-refractivity contribution in [2.75, 3.05) is 19.4 Å². The molecule has 0 heterocycles. The maximum absolute atomic E-state index is 11.7. The fourth-order valence-electron chi connectivity index (χ4n) is 3.59. The molecule has 2 rings (SSSR count). The Morgan fingerprint density at radius 2 is 2.20 bits per heavy atom. The average Bonchev–Trinajstić information content (AvgIpc) is 2.55. The molecule has 2 aliphatic rings. The number of nitrogens with two attached hydrogens (primary N) is 1. The zero-order valence-corrected chi connectivity index (χ0v) is 9.89. The van der Waals surface area contributed by atoms with Gasteiger partial charge in [-0.1, -0.05) is 6.42 Å². The number of sulfone groups is 1. The van der Waals surface area contributed by atoms with E-state index >= 15 is 0 Å². The largest absolute Gasteiger partial charge is 0.396 e. The lowest BCUT2D eigenvalue weighted by molar-refractivity contribution is 0.177. The predicted octanol–water partition coefficient (Wildman–Crippen LogP) is -0.0890. The Labute approximate surface area is 90.8 Å². The van der Waals surface area contributed by atoms with E-state index in [0.29, 0.717) is 6.54 Å². The molecule has 0 radical (unpaired) electrons. The van der Waals surface area contributed by atoms with Crippen molar-refractivity contribution in [2.45, 2.75) is 30.9 Å². The van der Waals surface area contributed by atoms with Gasteiger partial charge in [0.1, 0.15) is 0 Å². The Balaban J connectivity index is 2.32. The maximum Gasteiger partial charge on any atom is 0.150 e. The number of aliphatic hydroxyl groups is 1. The fraction of sp³-hybridized carbons (Fsp3) is 1.00. The summed E-state index contributed by atoms with van der Waals surface area (Å²) in [5.74, 6) is 0. The van der Waals surface area contributed by atoms with Crippen LogP contribution in [0.2, 0.25) is 0 Å². The molecule has 3 unspecified atom stereocenters. The van der Waals surface area contributed by atoms with Crippen molar-refractivity contribution in [1.82, 2.24) is 0 Å². The van der Waals surface area contributed by atoms with Crippen molar-refractivity contribution in [2.24, 2.45) is 16.6 Å². The van der Waals surface area contributed by atoms with Gasteiger partial charge < -0.3 is 10.8 Å². The topological polar surface area (TPSA) is 80.4 Å². The Morgan fingerprint density at radius 1 is 1.53 bits per heavy atom. The molecule has 0 saturated heterocycles. The van der Waals surface area contributed by atoms with Gasteiger partial charge >= 0.3 is 0 Å². The van der Waals surface area contributed by atoms with E-state index in [9.17, 15) is 13.5 Å². The molecule has 3 atom stereocenters. The summed E-state index contributed by atoms with van der Waals surface area (Å²) in [7, 11) is -3.01. The molecule has 0 amide bonds. The standard InChI is InChI=1S/C10H19NO3S/c1-15(13,14)8-3-2-4-10(8)5-9(10,6-11)7-12/h8,12H,2-7,11H2,1H3. The van der Waals surface area contributed by atoms with Crippen LogP contribution in [0.3, 0.4) is 0 Å². The van der Waals surface area contributed by atoms with Crippen LogP contribution >= 0.6 is 0 Å². The normalized spacial score (nSPS) is 44.9. The predicted molar refractivity (Wildman–Crippen MR) is 58.1 cm³/mol. The van der Waals surface area contributed by atoms with Gasteiger partial charge in [-0.3, -0.25) is 0 Å². The molecule has 0 aliphatic heterocycles. The number of hydrogen-bond donors (Lipinski definition) is 2. The Morgan fingerprint density at radius 3 is 2.60 bits per heavy atom. The van der Waals surface area contributed by atoms with Gasteiger partial charge in [0.2, 0.25) is 0 Å². The van der Waals surface area contributed by atoms with Gasteiger partial charge in [0.25, 0.3) is 0 Å². The summed E-state index contributed by atoms with van der Waals surface area (Å²) in [4.78, 5) is 0. The van der Waals surface area contributed by atoms with Gasteiger partial charge in [0.15, 0.2) is 9.84 Å². The van der Waals surface area contributed by atoms with Gasteiger partial charge in [-0.25, -0.2) is 8.42 Å². The van der Waals surface area contributed by atoms with Crippen LogP contribution < -0.4 is 5.73 Å². The first-order valence-electron chi connectivity index (χ1n) is 5.42. The second-order valence-electron chi connectivity index (χ2n) is 5.19. The molecule has 3 N–H and O–H groups in total. The lowest BCUT2D eigenvalue weighted by atomic mass is 9.91. The van der Waals surface area contributed by atoms with E-state index in [-0.39, 0.29) is 22.7 Å². The summed E-state index contributed by atoms with van der Waals surface area (Å²) in [6.45, 7) is 0.422. The van der Waals surface area contributed by atoms with Gasteiger partial charge in [-0.05, 0) is 24.7 Å². The van der Waals surface area contributed by atoms with Crippen LogP contribution in [0.1, 0.15) is 25.7 Å². The molecule has 2 saturated carbocycles. The molecule has 0 aromatic carbocycles. The van der Waals surface area contributed by atoms with Crippen LogP contribution in [0, 0.1) is 10.8 Å². The van der Waals surface area contributed by atoms with Crippen LogP contribution in [0.4, 0.5) is 0 Å². The van der Waals surface area contributed by atoms with E-state index in [0.717, 1.165) is 25.7 Å². The molecule has 2 aliphatic carbocycles. The summed E-state index contributed by atoms with van der Waals surface area (Å²) < 4.78 is 23.4. The van der Waals surface area contributed by atoms with Gasteiger partial charge in [0, 0.05) is 18.2 Å². The van der Waals surface area contributed by atoms with Crippen LogP contribution in [0.5, 0.6) is 0 Å². The Hall–Kier alpha value is -0.130. The first-order valence-corrected chi connectivity index (χ1v) is 7.37. The summed E-state index contributed by atoms with van der Waals surface area (Å²) >= 11 is 0. The first-order chi connectivity index (χ1) is 6.92. The summed E-state index contributed by atoms with van der Waals surface area (Å²) in [5, 5.41) is 9.11. The van der Waals surface area contributed by atoms with Crippen molar-refractivity contribution < 1.29 is 13.5 Å². The second kappa shape index (κ2) is 3.18. The van der Waals surface area contributed by atoms with E-state index in [1.807, 2.05) is 0 Å². The molecule has 88 valence electrons. The SMILES string of the molecule is CS(=O)(=O)C1CCCC12CC2(CN)CO. The third kappa shape index (κ3) is 1.36. The second-order valence-corrected chi connectivity index (χ2v) is 7.41. The van der Waals surface area contributed by atoms with Crippen molar-refractivity contribution in [3.05, 3.63) is 0 Å². The monoisotopic (exact) mass is 233 g/mol. The molecule has 5 heteroatoms. The molecular weight excluding hydrogens is 214 g/mol. The minimum absolute atomic E-state index is 0.0233. The molecule has 4 nitrogen and oxygen atoms in total. The highest BCUT2D eigenvalue weighted by molar-refractivity contribution is 7.91. The smallest absolute Gasteiger partial charge is 0.150 e. The van der Waals surface area contributed by atoms with Crippen molar-refractivity contribution in [3.63, 3.8) is 0 Å². The molecule has 15 heavy (non-hydrogen) atoms. The highest BCUT2D eigenvalue weighted by Crippen LogP contribution is 2.72. The van der Waals surface area contributed by atoms with Gasteiger partial charge in [-0.15, -0.1) is 0 Å². The zero-order valence-electron chi connectivity index (χ0n) is 9.07. The first kappa shape index (κ1) is 11.4. The lowest BCUT2D eigenvalue weighted by Gasteiger charge is -2.24. The Kier molecular flexibility index (Phi) is 2.41. The average molecular weight is 233 g/mol. The Bertz CT molecular complexity index is 361. The zero-order chi connectivity index (χ0) is 11.3. The van der Waals surface area contributed by atoms with Crippen LogP contribution in [-0.2, 0) is 9.84 Å². The molecule has 2 fully saturated rings. The summed E-state index contributed by atoms with van der Waals surface area (Å²) in [6.07, 6.45) is 4.68. The molecular formula is C10H19NO3S. The fourth-order valence-corrected chi connectivity index (χ4v) is 5.45. The number of aliphatic hydroxyl groups excluding tert-OH is 1. The van der Waals surface area contributed by atoms with Gasteiger partial charge in [0.05, 0.1) is 11.9 Å². The minimum Gasteiger partial charge on any atom is -0.396 e. The molecule has 0 bridgehead atoms. The third-order valence-corrected chi connectivity index (χ3v) is 6.22. The lowest BCUT2D eigenvalue weighted by Crippen LogP contribution is -2.35. The highest BCUT2D eigenvalue weighted by atomic mass is 32.2. The van der Waals surface area contributed by atoms with E-state index in [1.54, 1.807) is 0 Å². The van der Waals surface area contributed by atoms with Crippen LogP contribution in [0.25, 0.3) is 0 Å². The van der Waals surface area contributed by atoms with Gasteiger partial charge in [-0.2, -0.15) is 0 Å². The van der Waals surface area contributed by atoms with Crippen molar-refractivity contribution in [3.8, 4) is 0 Å². The maximum atomic E-state index is 11.7. The highest BCUT2D eigenvalue weighted by Gasteiger charge is 2.72. The number of hydrogen-bond acceptors (Lipinski definition) is 4. The molecule has 0 aromatic heterocycles. The summed E-state index contributed by atoms with van der Waals surface area (Å²) in [5.41, 5.74) is 5.17. The molecule has 0 aromatic rings. The van der Waals surface area contributed by atoms with Crippen LogP contribution in [-0.4, -0.2) is 38.2 Å². The quantitative estimate of drug-likeness (QED) is 0.714. The van der Waals surface area contributed by atoms with Crippen molar-refractivity contribution >= 4 is 9.84 Å². The molecule has 1 spiro atoms. The summed E-state index contributed by atoms with van der Waals surface area (Å²) in [6, 6.07) is 0.